The third-order valence-electron chi connectivity index (χ3n) is 3.33. The fourth-order valence-corrected chi connectivity index (χ4v) is 2.14. The van der Waals surface area contributed by atoms with E-state index in [1.165, 1.54) is 44.9 Å². The first-order valence-electron chi connectivity index (χ1n) is 7.93. The molecule has 1 aromatic carbocycles. The molecule has 21 heavy (non-hydrogen) atoms. The zero-order valence-electron chi connectivity index (χ0n) is 13.0. The van der Waals surface area contributed by atoms with Crippen LogP contribution < -0.4 is 22.5 Å². The summed E-state index contributed by atoms with van der Waals surface area (Å²) >= 11 is 0. The minimum atomic E-state index is -0.237. The number of carbonyl (C=O) groups is 1. The fraction of sp³-hybridized carbons (Fsp3) is 0.588. The van der Waals surface area contributed by atoms with E-state index in [0.717, 1.165) is 13.0 Å². The molecule has 0 saturated carbocycles. The molecule has 4 heteroatoms. The zero-order valence-corrected chi connectivity index (χ0v) is 13.8. The highest BCUT2D eigenvalue weighted by molar-refractivity contribution is 5.59. The normalized spacial score (nSPS) is 9.95. The minimum Gasteiger partial charge on any atom is -1.00 e. The van der Waals surface area contributed by atoms with Crippen molar-refractivity contribution in [1.29, 1.82) is 0 Å². The highest BCUT2D eigenvalue weighted by atomic mass is 35.5. The van der Waals surface area contributed by atoms with Crippen LogP contribution in [0.25, 0.3) is 0 Å². The van der Waals surface area contributed by atoms with E-state index < -0.39 is 0 Å². The molecular formula is C17H28ClNO2. The van der Waals surface area contributed by atoms with Gasteiger partial charge in [-0.25, -0.2) is 5.32 Å². The van der Waals surface area contributed by atoms with Crippen LogP contribution in [0.4, 0.5) is 4.79 Å². The Morgan fingerprint density at radius 3 is 2.14 bits per heavy atom. The molecule has 0 atom stereocenters. The smallest absolute Gasteiger partial charge is 0.518 e. The van der Waals surface area contributed by atoms with Gasteiger partial charge in [0, 0.05) is 0 Å². The number of rotatable bonds is 10. The van der Waals surface area contributed by atoms with E-state index in [-0.39, 0.29) is 18.5 Å². The van der Waals surface area contributed by atoms with Crippen molar-refractivity contribution in [2.75, 3.05) is 6.54 Å². The van der Waals surface area contributed by atoms with Crippen molar-refractivity contribution in [3.63, 3.8) is 0 Å². The number of para-hydroxylation sites is 1. The summed E-state index contributed by atoms with van der Waals surface area (Å²) in [6, 6.07) is 9.22. The van der Waals surface area contributed by atoms with Crippen LogP contribution in [0.15, 0.2) is 30.3 Å². The molecule has 0 aromatic heterocycles. The van der Waals surface area contributed by atoms with Gasteiger partial charge in [-0.3, -0.25) is 0 Å². The van der Waals surface area contributed by atoms with Crippen molar-refractivity contribution >= 4 is 6.09 Å². The van der Waals surface area contributed by atoms with Gasteiger partial charge in [0.15, 0.2) is 0 Å². The lowest BCUT2D eigenvalue weighted by molar-refractivity contribution is -0.566. The number of amides is 1. The highest BCUT2D eigenvalue weighted by Gasteiger charge is 2.07. The number of primary amides is 1. The maximum absolute atomic E-state index is 11.5. The van der Waals surface area contributed by atoms with Crippen molar-refractivity contribution in [2.24, 2.45) is 0 Å². The summed E-state index contributed by atoms with van der Waals surface area (Å²) in [5.74, 6) is 0.615. The zero-order chi connectivity index (χ0) is 14.5. The predicted octanol–water partition coefficient (Wildman–Crippen LogP) is 0.894. The van der Waals surface area contributed by atoms with Crippen molar-refractivity contribution in [1.82, 2.24) is 0 Å². The topological polar surface area (TPSA) is 42.9 Å². The van der Waals surface area contributed by atoms with Gasteiger partial charge in [0.05, 0.1) is 6.54 Å². The van der Waals surface area contributed by atoms with Crippen LogP contribution in [0.2, 0.25) is 0 Å². The Hall–Kier alpha value is -1.06. The van der Waals surface area contributed by atoms with Crippen LogP contribution in [0.5, 0.6) is 5.75 Å². The second-order valence-corrected chi connectivity index (χ2v) is 5.20. The van der Waals surface area contributed by atoms with Crippen molar-refractivity contribution < 1.29 is 27.3 Å². The van der Waals surface area contributed by atoms with E-state index in [1.807, 2.05) is 18.2 Å². The number of hydrogen-bond acceptors (Lipinski definition) is 2. The van der Waals surface area contributed by atoms with Crippen molar-refractivity contribution in [3.05, 3.63) is 30.3 Å². The van der Waals surface area contributed by atoms with Gasteiger partial charge in [0.1, 0.15) is 5.75 Å². The number of quaternary nitrogens is 1. The summed E-state index contributed by atoms with van der Waals surface area (Å²) in [6.45, 7) is 3.06. The number of unbranched alkanes of at least 4 members (excludes halogenated alkanes) is 7. The number of halogens is 1. The Kier molecular flexibility index (Phi) is 13.2. The molecule has 0 heterocycles. The molecule has 1 rings (SSSR count). The lowest BCUT2D eigenvalue weighted by Crippen LogP contribution is -3.00. The molecule has 1 amide bonds. The van der Waals surface area contributed by atoms with Crippen LogP contribution in [0.1, 0.15) is 58.3 Å². The van der Waals surface area contributed by atoms with Gasteiger partial charge in [-0.2, -0.15) is 4.79 Å². The Labute approximate surface area is 134 Å². The van der Waals surface area contributed by atoms with Gasteiger partial charge >= 0.3 is 6.09 Å². The van der Waals surface area contributed by atoms with E-state index in [1.54, 1.807) is 17.4 Å². The Balaban J connectivity index is 0.00000400. The Morgan fingerprint density at radius 2 is 1.52 bits per heavy atom. The molecule has 120 valence electrons. The van der Waals surface area contributed by atoms with E-state index in [9.17, 15) is 4.79 Å². The van der Waals surface area contributed by atoms with Gasteiger partial charge in [0.2, 0.25) is 0 Å². The summed E-state index contributed by atoms with van der Waals surface area (Å²) in [7, 11) is 0. The van der Waals surface area contributed by atoms with Gasteiger partial charge < -0.3 is 17.1 Å². The van der Waals surface area contributed by atoms with Crippen LogP contribution in [0.3, 0.4) is 0 Å². The van der Waals surface area contributed by atoms with E-state index in [4.69, 9.17) is 4.74 Å². The largest absolute Gasteiger partial charge is 1.00 e. The first kappa shape index (κ1) is 19.9. The van der Waals surface area contributed by atoms with Gasteiger partial charge in [-0.15, -0.1) is 0 Å². The highest BCUT2D eigenvalue weighted by Crippen LogP contribution is 2.08. The van der Waals surface area contributed by atoms with Crippen LogP contribution in [-0.2, 0) is 0 Å². The summed E-state index contributed by atoms with van der Waals surface area (Å²) in [4.78, 5) is 11.5. The molecule has 0 radical (unpaired) electrons. The molecule has 0 aliphatic heterocycles. The average molecular weight is 314 g/mol. The number of nitrogens with two attached hydrogens (primary N) is 1. The third-order valence-corrected chi connectivity index (χ3v) is 3.33. The quantitative estimate of drug-likeness (QED) is 0.652. The summed E-state index contributed by atoms with van der Waals surface area (Å²) in [5.41, 5.74) is 0. The molecule has 0 unspecified atom stereocenters. The van der Waals surface area contributed by atoms with Crippen LogP contribution in [0, 0.1) is 0 Å². The fourth-order valence-electron chi connectivity index (χ4n) is 2.14. The molecule has 0 bridgehead atoms. The predicted molar refractivity (Wildman–Crippen MR) is 81.9 cm³/mol. The van der Waals surface area contributed by atoms with Gasteiger partial charge in [-0.05, 0) is 25.0 Å². The molecule has 0 fully saturated rings. The number of hydrogen-bond donors (Lipinski definition) is 1. The molecule has 0 saturated heterocycles. The van der Waals surface area contributed by atoms with Gasteiger partial charge in [0.25, 0.3) is 0 Å². The Bertz CT molecular complexity index is 357. The van der Waals surface area contributed by atoms with Crippen molar-refractivity contribution in [2.45, 2.75) is 58.3 Å². The van der Waals surface area contributed by atoms with E-state index in [0.29, 0.717) is 5.75 Å². The molecule has 0 spiro atoms. The molecule has 2 N–H and O–H groups in total. The number of ether oxygens (including phenoxy) is 1. The molecule has 3 nitrogen and oxygen atoms in total. The van der Waals surface area contributed by atoms with Gasteiger partial charge in [-0.1, -0.05) is 63.6 Å². The lowest BCUT2D eigenvalue weighted by atomic mass is 10.1. The molecule has 0 aliphatic carbocycles. The molecule has 0 aliphatic rings. The first-order valence-corrected chi connectivity index (χ1v) is 7.93. The standard InChI is InChI=1S/C17H27NO2.ClH/c1-2-3-4-5-6-7-8-12-15-18-17(19)20-16-13-10-9-11-14-16;/h9-11,13-14H,2-8,12,15H2,1H3,(H,18,19);1H. The Morgan fingerprint density at radius 1 is 0.952 bits per heavy atom. The SMILES string of the molecule is CCCCCCCCCC[NH2+]C(=O)Oc1ccccc1.[Cl-]. The summed E-state index contributed by atoms with van der Waals surface area (Å²) < 4.78 is 5.19. The lowest BCUT2D eigenvalue weighted by Gasteiger charge is -2.02. The maximum Gasteiger partial charge on any atom is 0.518 e. The van der Waals surface area contributed by atoms with E-state index >= 15 is 0 Å². The minimum absolute atomic E-state index is 0. The maximum atomic E-state index is 11.5. The molecular weight excluding hydrogens is 286 g/mol. The van der Waals surface area contributed by atoms with Crippen LogP contribution in [-0.4, -0.2) is 12.6 Å². The summed E-state index contributed by atoms with van der Waals surface area (Å²) in [6.07, 6.45) is 10.1. The molecule has 1 aromatic rings. The van der Waals surface area contributed by atoms with E-state index in [2.05, 4.69) is 6.92 Å². The summed E-state index contributed by atoms with van der Waals surface area (Å²) in [5, 5.41) is 1.66. The second kappa shape index (κ2) is 13.9. The van der Waals surface area contributed by atoms with Crippen LogP contribution >= 0.6 is 0 Å². The second-order valence-electron chi connectivity index (χ2n) is 5.20. The first-order chi connectivity index (χ1) is 9.83. The van der Waals surface area contributed by atoms with Crippen molar-refractivity contribution in [3.8, 4) is 5.75 Å². The number of carbonyl (C=O) groups excluding carboxylic acids is 1. The third kappa shape index (κ3) is 11.3. The average Bonchev–Trinajstić information content (AvgIpc) is 2.46. The number of benzene rings is 1. The monoisotopic (exact) mass is 313 g/mol.